The summed E-state index contributed by atoms with van der Waals surface area (Å²) < 4.78 is 0. The summed E-state index contributed by atoms with van der Waals surface area (Å²) >= 11 is 0. The molecule has 0 bridgehead atoms. The van der Waals surface area contributed by atoms with E-state index in [1.54, 1.807) is 0 Å². The minimum absolute atomic E-state index is 0.813. The van der Waals surface area contributed by atoms with Crippen LogP contribution in [0.25, 0.3) is 0 Å². The van der Waals surface area contributed by atoms with Crippen LogP contribution < -0.4 is 0 Å². The number of nitrogens with zero attached hydrogens (tertiary/aromatic N) is 1. The van der Waals surface area contributed by atoms with Gasteiger partial charge in [-0.05, 0) is 32.3 Å². The highest BCUT2D eigenvalue weighted by atomic mass is 16.3. The summed E-state index contributed by atoms with van der Waals surface area (Å²) in [6, 6.07) is 8.18. The van der Waals surface area contributed by atoms with Gasteiger partial charge in [0.15, 0.2) is 0 Å². The van der Waals surface area contributed by atoms with Crippen LogP contribution in [0.3, 0.4) is 0 Å². The molecule has 1 N–H and O–H groups in total. The van der Waals surface area contributed by atoms with Crippen LogP contribution >= 0.6 is 0 Å². The highest BCUT2D eigenvalue weighted by Gasteiger charge is 2.31. The molecule has 1 saturated heterocycles. The van der Waals surface area contributed by atoms with E-state index in [-0.39, 0.29) is 0 Å². The first-order valence-electron chi connectivity index (χ1n) is 6.15. The molecule has 1 unspecified atom stereocenters. The van der Waals surface area contributed by atoms with Crippen LogP contribution in [0.4, 0.5) is 0 Å². The zero-order valence-corrected chi connectivity index (χ0v) is 10.2. The van der Waals surface area contributed by atoms with E-state index in [9.17, 15) is 5.11 Å². The third-order valence-electron chi connectivity index (χ3n) is 3.54. The maximum absolute atomic E-state index is 10.7. The van der Waals surface area contributed by atoms with E-state index in [1.165, 1.54) is 24.8 Å². The van der Waals surface area contributed by atoms with Gasteiger partial charge in [0, 0.05) is 13.1 Å². The number of aliphatic hydroxyl groups is 1. The molecule has 0 radical (unpaired) electrons. The normalized spacial score (nSPS) is 21.7. The van der Waals surface area contributed by atoms with Crippen LogP contribution in [0.15, 0.2) is 24.3 Å². The Labute approximate surface area is 97.9 Å². The standard InChI is InChI=1S/C14H21NO/c1-12-7-6-8-13(11-12)14(2,16)15-9-4-3-5-10-15/h6-8,11,16H,3-5,9-10H2,1-2H3. The van der Waals surface area contributed by atoms with E-state index in [1.807, 2.05) is 19.1 Å². The average molecular weight is 219 g/mol. The Morgan fingerprint density at radius 2 is 1.88 bits per heavy atom. The largest absolute Gasteiger partial charge is 0.372 e. The van der Waals surface area contributed by atoms with Gasteiger partial charge in [-0.3, -0.25) is 4.90 Å². The number of rotatable bonds is 2. The highest BCUT2D eigenvalue weighted by Crippen LogP contribution is 2.28. The van der Waals surface area contributed by atoms with Crippen molar-refractivity contribution >= 4 is 0 Å². The Morgan fingerprint density at radius 1 is 1.19 bits per heavy atom. The van der Waals surface area contributed by atoms with Crippen molar-refractivity contribution in [1.29, 1.82) is 0 Å². The molecule has 1 aliphatic heterocycles. The summed E-state index contributed by atoms with van der Waals surface area (Å²) in [5.41, 5.74) is 1.40. The van der Waals surface area contributed by atoms with Crippen molar-refractivity contribution < 1.29 is 5.11 Å². The van der Waals surface area contributed by atoms with E-state index in [4.69, 9.17) is 0 Å². The predicted octanol–water partition coefficient (Wildman–Crippen LogP) is 2.65. The summed E-state index contributed by atoms with van der Waals surface area (Å²) in [6.07, 6.45) is 3.68. The minimum Gasteiger partial charge on any atom is -0.372 e. The second-order valence-electron chi connectivity index (χ2n) is 4.94. The monoisotopic (exact) mass is 219 g/mol. The SMILES string of the molecule is Cc1cccc(C(C)(O)N2CCCCC2)c1. The molecule has 0 saturated carbocycles. The van der Waals surface area contributed by atoms with Crippen molar-refractivity contribution in [2.45, 2.75) is 38.8 Å². The van der Waals surface area contributed by atoms with Crippen LogP contribution in [0.2, 0.25) is 0 Å². The van der Waals surface area contributed by atoms with E-state index < -0.39 is 5.72 Å². The number of likely N-dealkylation sites (tertiary alicyclic amines) is 1. The molecule has 1 aromatic rings. The molecular formula is C14H21NO. The average Bonchev–Trinajstić information content (AvgIpc) is 2.30. The Morgan fingerprint density at radius 3 is 2.50 bits per heavy atom. The first kappa shape index (κ1) is 11.6. The molecule has 16 heavy (non-hydrogen) atoms. The van der Waals surface area contributed by atoms with Crippen LogP contribution in [-0.4, -0.2) is 23.1 Å². The molecule has 1 atom stereocenters. The zero-order valence-electron chi connectivity index (χ0n) is 10.2. The highest BCUT2D eigenvalue weighted by molar-refractivity contribution is 5.26. The third-order valence-corrected chi connectivity index (χ3v) is 3.54. The van der Waals surface area contributed by atoms with Crippen molar-refractivity contribution in [3.63, 3.8) is 0 Å². The van der Waals surface area contributed by atoms with Crippen molar-refractivity contribution in [3.8, 4) is 0 Å². The van der Waals surface area contributed by atoms with Crippen molar-refractivity contribution in [2.24, 2.45) is 0 Å². The topological polar surface area (TPSA) is 23.5 Å². The van der Waals surface area contributed by atoms with Gasteiger partial charge < -0.3 is 5.11 Å². The molecule has 0 spiro atoms. The lowest BCUT2D eigenvalue weighted by atomic mass is 9.98. The molecule has 0 aromatic heterocycles. The third kappa shape index (κ3) is 2.28. The molecular weight excluding hydrogens is 198 g/mol. The Hall–Kier alpha value is -0.860. The molecule has 1 aromatic carbocycles. The summed E-state index contributed by atoms with van der Waals surface area (Å²) in [4.78, 5) is 2.19. The van der Waals surface area contributed by atoms with Crippen LogP contribution in [0.5, 0.6) is 0 Å². The van der Waals surface area contributed by atoms with Gasteiger partial charge in [0.2, 0.25) is 0 Å². The van der Waals surface area contributed by atoms with Crippen LogP contribution in [0.1, 0.15) is 37.3 Å². The lowest BCUT2D eigenvalue weighted by molar-refractivity contribution is -0.108. The fourth-order valence-electron chi connectivity index (χ4n) is 2.45. The molecule has 1 aliphatic rings. The summed E-state index contributed by atoms with van der Waals surface area (Å²) in [5.74, 6) is 0. The first-order valence-corrected chi connectivity index (χ1v) is 6.15. The number of hydrogen-bond donors (Lipinski definition) is 1. The number of benzene rings is 1. The van der Waals surface area contributed by atoms with Gasteiger partial charge in [-0.25, -0.2) is 0 Å². The summed E-state index contributed by atoms with van der Waals surface area (Å²) in [7, 11) is 0. The maximum atomic E-state index is 10.7. The van der Waals surface area contributed by atoms with E-state index in [2.05, 4.69) is 24.0 Å². The smallest absolute Gasteiger partial charge is 0.141 e. The fourth-order valence-corrected chi connectivity index (χ4v) is 2.45. The fraction of sp³-hybridized carbons (Fsp3) is 0.571. The maximum Gasteiger partial charge on any atom is 0.141 e. The van der Waals surface area contributed by atoms with E-state index >= 15 is 0 Å². The molecule has 1 heterocycles. The molecule has 0 amide bonds. The van der Waals surface area contributed by atoms with E-state index in [0.717, 1.165) is 18.7 Å². The van der Waals surface area contributed by atoms with Crippen molar-refractivity contribution in [1.82, 2.24) is 4.90 Å². The summed E-state index contributed by atoms with van der Waals surface area (Å²) in [5, 5.41) is 10.7. The van der Waals surface area contributed by atoms with Crippen molar-refractivity contribution in [3.05, 3.63) is 35.4 Å². The Balaban J connectivity index is 2.22. The predicted molar refractivity (Wildman–Crippen MR) is 66.2 cm³/mol. The lowest BCUT2D eigenvalue weighted by Gasteiger charge is -2.39. The van der Waals surface area contributed by atoms with Crippen LogP contribution in [0, 0.1) is 6.92 Å². The molecule has 2 nitrogen and oxygen atoms in total. The number of piperidine rings is 1. The number of aryl methyl sites for hydroxylation is 1. The molecule has 0 aliphatic carbocycles. The summed E-state index contributed by atoms with van der Waals surface area (Å²) in [6.45, 7) is 5.98. The lowest BCUT2D eigenvalue weighted by Crippen LogP contribution is -2.46. The Bertz CT molecular complexity index is 354. The van der Waals surface area contributed by atoms with Crippen LogP contribution in [-0.2, 0) is 5.72 Å². The van der Waals surface area contributed by atoms with Gasteiger partial charge in [-0.1, -0.05) is 36.2 Å². The van der Waals surface area contributed by atoms with E-state index in [0.29, 0.717) is 0 Å². The van der Waals surface area contributed by atoms with Gasteiger partial charge >= 0.3 is 0 Å². The van der Waals surface area contributed by atoms with Gasteiger partial charge in [0.25, 0.3) is 0 Å². The van der Waals surface area contributed by atoms with Gasteiger partial charge in [0.1, 0.15) is 5.72 Å². The van der Waals surface area contributed by atoms with Gasteiger partial charge in [0.05, 0.1) is 0 Å². The van der Waals surface area contributed by atoms with Gasteiger partial charge in [-0.2, -0.15) is 0 Å². The second kappa shape index (κ2) is 4.56. The molecule has 1 fully saturated rings. The van der Waals surface area contributed by atoms with Crippen molar-refractivity contribution in [2.75, 3.05) is 13.1 Å². The molecule has 2 rings (SSSR count). The zero-order chi connectivity index (χ0) is 11.6. The first-order chi connectivity index (χ1) is 7.60. The van der Waals surface area contributed by atoms with Gasteiger partial charge in [-0.15, -0.1) is 0 Å². The molecule has 88 valence electrons. The Kier molecular flexibility index (Phi) is 3.31. The molecule has 2 heteroatoms. The minimum atomic E-state index is -0.813. The quantitative estimate of drug-likeness (QED) is 0.826. The number of hydrogen-bond acceptors (Lipinski definition) is 2. The second-order valence-corrected chi connectivity index (χ2v) is 4.94.